The number of rotatable bonds is 3. The fourth-order valence-electron chi connectivity index (χ4n) is 0.971. The van der Waals surface area contributed by atoms with Gasteiger partial charge in [-0.05, 0) is 12.1 Å². The molecule has 0 spiro atoms. The van der Waals surface area contributed by atoms with E-state index < -0.39 is 18.1 Å². The molecule has 0 saturated heterocycles. The molecule has 0 aliphatic heterocycles. The summed E-state index contributed by atoms with van der Waals surface area (Å²) in [6, 6.07) is 2.08. The van der Waals surface area contributed by atoms with Crippen LogP contribution in [0.2, 0.25) is 0 Å². The van der Waals surface area contributed by atoms with Gasteiger partial charge in [0.25, 0.3) is 6.43 Å². The lowest BCUT2D eigenvalue weighted by Crippen LogP contribution is -2.07. The van der Waals surface area contributed by atoms with Crippen LogP contribution in [0.25, 0.3) is 0 Å². The summed E-state index contributed by atoms with van der Waals surface area (Å²) in [4.78, 5) is 14.3. The predicted molar refractivity (Wildman–Crippen MR) is 46.6 cm³/mol. The first-order valence-electron chi connectivity index (χ1n) is 4.08. The molecular weight excluding hydrogens is 208 g/mol. The van der Waals surface area contributed by atoms with Crippen LogP contribution < -0.4 is 0 Å². The summed E-state index contributed by atoms with van der Waals surface area (Å²) in [5.41, 5.74) is -0.591. The maximum absolute atomic E-state index is 12.2. The third kappa shape index (κ3) is 2.87. The maximum Gasteiger partial charge on any atom is 0.311 e. The molecule has 0 atom stereocenters. The number of pyridine rings is 1. The predicted octanol–water partition coefficient (Wildman–Crippen LogP) is 1.44. The van der Waals surface area contributed by atoms with Crippen molar-refractivity contribution in [1.29, 1.82) is 0 Å². The number of aromatic hydroxyl groups is 1. The van der Waals surface area contributed by atoms with Gasteiger partial charge in [0, 0.05) is 0 Å². The number of methoxy groups -OCH3 is 1. The van der Waals surface area contributed by atoms with Crippen molar-refractivity contribution in [1.82, 2.24) is 4.98 Å². The molecular formula is C9H9F2NO3. The molecule has 1 aromatic rings. The van der Waals surface area contributed by atoms with Gasteiger partial charge in [-0.25, -0.2) is 13.8 Å². The lowest BCUT2D eigenvalue weighted by atomic mass is 10.2. The smallest absolute Gasteiger partial charge is 0.311 e. The van der Waals surface area contributed by atoms with Crippen LogP contribution in [-0.2, 0) is 16.0 Å². The Balaban J connectivity index is 2.95. The van der Waals surface area contributed by atoms with Gasteiger partial charge in [0.05, 0.1) is 19.2 Å². The third-order valence-corrected chi connectivity index (χ3v) is 1.73. The van der Waals surface area contributed by atoms with Crippen LogP contribution in [0.15, 0.2) is 12.1 Å². The van der Waals surface area contributed by atoms with Gasteiger partial charge in [0.2, 0.25) is 0 Å². The molecule has 0 bridgehead atoms. The van der Waals surface area contributed by atoms with Crippen molar-refractivity contribution in [2.75, 3.05) is 7.11 Å². The third-order valence-electron chi connectivity index (χ3n) is 1.73. The van der Waals surface area contributed by atoms with E-state index in [-0.39, 0.29) is 17.9 Å². The van der Waals surface area contributed by atoms with Gasteiger partial charge in [-0.2, -0.15) is 0 Å². The van der Waals surface area contributed by atoms with E-state index in [2.05, 4.69) is 9.72 Å². The second-order valence-electron chi connectivity index (χ2n) is 2.76. The summed E-state index contributed by atoms with van der Waals surface area (Å²) >= 11 is 0. The first kappa shape index (κ1) is 11.4. The molecule has 15 heavy (non-hydrogen) atoms. The summed E-state index contributed by atoms with van der Waals surface area (Å²) < 4.78 is 28.8. The van der Waals surface area contributed by atoms with Gasteiger partial charge in [-0.15, -0.1) is 0 Å². The van der Waals surface area contributed by atoms with E-state index in [0.717, 1.165) is 19.2 Å². The minimum Gasteiger partial charge on any atom is -0.506 e. The lowest BCUT2D eigenvalue weighted by molar-refractivity contribution is -0.139. The average Bonchev–Trinajstić information content (AvgIpc) is 2.20. The summed E-state index contributed by atoms with van der Waals surface area (Å²) in [5.74, 6) is -0.950. The summed E-state index contributed by atoms with van der Waals surface area (Å²) in [7, 11) is 1.16. The Bertz CT molecular complexity index is 368. The molecule has 82 valence electrons. The number of nitrogens with zero attached hydrogens (tertiary/aromatic N) is 1. The van der Waals surface area contributed by atoms with E-state index in [1.165, 1.54) is 0 Å². The van der Waals surface area contributed by atoms with Gasteiger partial charge in [-0.3, -0.25) is 4.79 Å². The standard InChI is InChI=1S/C9H9F2NO3/c1-15-8(14)4-6-7(13)3-2-5(12-6)9(10)11/h2-3,9,13H,4H2,1H3. The molecule has 0 aliphatic rings. The number of halogens is 2. The largest absolute Gasteiger partial charge is 0.506 e. The van der Waals surface area contributed by atoms with Crippen molar-refractivity contribution in [3.05, 3.63) is 23.5 Å². The van der Waals surface area contributed by atoms with Gasteiger partial charge in [0.15, 0.2) is 0 Å². The number of alkyl halides is 2. The van der Waals surface area contributed by atoms with Crippen LogP contribution in [0.1, 0.15) is 17.8 Å². The molecule has 0 radical (unpaired) electrons. The van der Waals surface area contributed by atoms with Crippen molar-refractivity contribution in [2.24, 2.45) is 0 Å². The SMILES string of the molecule is COC(=O)Cc1nc(C(F)F)ccc1O. The molecule has 0 saturated carbocycles. The first-order valence-corrected chi connectivity index (χ1v) is 4.08. The van der Waals surface area contributed by atoms with Crippen LogP contribution >= 0.6 is 0 Å². The Labute approximate surface area is 84.5 Å². The first-order chi connectivity index (χ1) is 7.04. The fraction of sp³-hybridized carbons (Fsp3) is 0.333. The van der Waals surface area contributed by atoms with E-state index in [9.17, 15) is 18.7 Å². The number of aromatic nitrogens is 1. The summed E-state index contributed by atoms with van der Waals surface area (Å²) in [6.07, 6.45) is -3.06. The van der Waals surface area contributed by atoms with Gasteiger partial charge in [0.1, 0.15) is 11.4 Å². The van der Waals surface area contributed by atoms with Crippen molar-refractivity contribution in [3.8, 4) is 5.75 Å². The highest BCUT2D eigenvalue weighted by molar-refractivity contribution is 5.72. The van der Waals surface area contributed by atoms with Gasteiger partial charge in [-0.1, -0.05) is 0 Å². The van der Waals surface area contributed by atoms with Crippen LogP contribution in [0.3, 0.4) is 0 Å². The molecule has 1 heterocycles. The van der Waals surface area contributed by atoms with Crippen molar-refractivity contribution in [2.45, 2.75) is 12.8 Å². The Morgan fingerprint density at radius 2 is 2.27 bits per heavy atom. The van der Waals surface area contributed by atoms with E-state index >= 15 is 0 Å². The van der Waals surface area contributed by atoms with Gasteiger partial charge >= 0.3 is 5.97 Å². The Morgan fingerprint density at radius 1 is 1.60 bits per heavy atom. The second kappa shape index (κ2) is 4.68. The number of carbonyl (C=O) groups excluding carboxylic acids is 1. The molecule has 1 N–H and O–H groups in total. The van der Waals surface area contributed by atoms with E-state index in [1.54, 1.807) is 0 Å². The highest BCUT2D eigenvalue weighted by Crippen LogP contribution is 2.22. The molecule has 1 rings (SSSR count). The normalized spacial score (nSPS) is 10.4. The number of esters is 1. The molecule has 4 nitrogen and oxygen atoms in total. The monoisotopic (exact) mass is 217 g/mol. The highest BCUT2D eigenvalue weighted by atomic mass is 19.3. The zero-order valence-corrected chi connectivity index (χ0v) is 7.91. The van der Waals surface area contributed by atoms with Crippen molar-refractivity contribution < 1.29 is 23.4 Å². The Morgan fingerprint density at radius 3 is 2.80 bits per heavy atom. The molecule has 1 aromatic heterocycles. The minimum atomic E-state index is -2.73. The van der Waals surface area contributed by atoms with Crippen molar-refractivity contribution in [3.63, 3.8) is 0 Å². The molecule has 0 aliphatic carbocycles. The van der Waals surface area contributed by atoms with Gasteiger partial charge < -0.3 is 9.84 Å². The molecule has 0 aromatic carbocycles. The Hall–Kier alpha value is -1.72. The molecule has 0 fully saturated rings. The lowest BCUT2D eigenvalue weighted by Gasteiger charge is -2.05. The molecule has 0 amide bonds. The van der Waals surface area contributed by atoms with Crippen molar-refractivity contribution >= 4 is 5.97 Å². The van der Waals surface area contributed by atoms with Crippen LogP contribution in [0.5, 0.6) is 5.75 Å². The number of carbonyl (C=O) groups is 1. The Kier molecular flexibility index (Phi) is 3.54. The van der Waals surface area contributed by atoms with E-state index in [0.29, 0.717) is 0 Å². The van der Waals surface area contributed by atoms with E-state index in [4.69, 9.17) is 0 Å². The molecule has 6 heteroatoms. The zero-order chi connectivity index (χ0) is 11.4. The van der Waals surface area contributed by atoms with Crippen LogP contribution in [-0.4, -0.2) is 23.2 Å². The highest BCUT2D eigenvalue weighted by Gasteiger charge is 2.14. The number of hydrogen-bond donors (Lipinski definition) is 1. The number of ether oxygens (including phenoxy) is 1. The maximum atomic E-state index is 12.2. The fourth-order valence-corrected chi connectivity index (χ4v) is 0.971. The average molecular weight is 217 g/mol. The van der Waals surface area contributed by atoms with Crippen LogP contribution in [0.4, 0.5) is 8.78 Å². The summed E-state index contributed by atoms with van der Waals surface area (Å²) in [5, 5.41) is 9.25. The topological polar surface area (TPSA) is 59.4 Å². The summed E-state index contributed by atoms with van der Waals surface area (Å²) in [6.45, 7) is 0. The number of hydrogen-bond acceptors (Lipinski definition) is 4. The second-order valence-corrected chi connectivity index (χ2v) is 2.76. The minimum absolute atomic E-state index is 0.111. The quantitative estimate of drug-likeness (QED) is 0.778. The molecule has 0 unspecified atom stereocenters. The van der Waals surface area contributed by atoms with Crippen LogP contribution in [0, 0.1) is 0 Å². The van der Waals surface area contributed by atoms with E-state index in [1.807, 2.05) is 0 Å². The zero-order valence-electron chi connectivity index (χ0n) is 7.91.